The molecule has 1 aliphatic heterocycles. The Morgan fingerprint density at radius 2 is 1.79 bits per heavy atom. The highest BCUT2D eigenvalue weighted by atomic mass is 32.2. The lowest BCUT2D eigenvalue weighted by atomic mass is 10.4. The van der Waals surface area contributed by atoms with Gasteiger partial charge in [-0.1, -0.05) is 12.1 Å². The van der Waals surface area contributed by atoms with Crippen molar-refractivity contribution in [3.8, 4) is 0 Å². The fourth-order valence-corrected chi connectivity index (χ4v) is 2.86. The van der Waals surface area contributed by atoms with Gasteiger partial charge in [0.2, 0.25) is 9.84 Å². The van der Waals surface area contributed by atoms with Crippen LogP contribution in [0.1, 0.15) is 0 Å². The summed E-state index contributed by atoms with van der Waals surface area (Å²) in [6, 6.07) is 9.09. The predicted octanol–water partition coefficient (Wildman–Crippen LogP) is -0.263. The Bertz CT molecular complexity index is 396. The van der Waals surface area contributed by atoms with Crippen LogP contribution in [0.5, 0.6) is 0 Å². The molecule has 0 amide bonds. The van der Waals surface area contributed by atoms with Crippen LogP contribution >= 0.6 is 0 Å². The van der Waals surface area contributed by atoms with Crippen molar-refractivity contribution in [2.75, 3.05) is 13.1 Å². The van der Waals surface area contributed by atoms with Gasteiger partial charge in [0, 0.05) is 13.1 Å². The van der Waals surface area contributed by atoms with Crippen LogP contribution in [0.4, 0.5) is 0 Å². The lowest BCUT2D eigenvalue weighted by Crippen LogP contribution is -2.39. The van der Waals surface area contributed by atoms with Crippen LogP contribution in [-0.4, -0.2) is 27.0 Å². The molecule has 75 valence electrons. The second kappa shape index (κ2) is 3.68. The van der Waals surface area contributed by atoms with E-state index in [1.54, 1.807) is 24.3 Å². The molecule has 0 saturated carbocycles. The third-order valence-electron chi connectivity index (χ3n) is 2.11. The second-order valence-corrected chi connectivity index (χ2v) is 5.10. The van der Waals surface area contributed by atoms with Crippen LogP contribution in [0.15, 0.2) is 29.2 Å². The number of hydrogen-bond donors (Lipinski definition) is 2. The molecule has 1 aliphatic rings. The van der Waals surface area contributed by atoms with Crippen LogP contribution in [-0.2, 0) is 9.84 Å². The van der Waals surface area contributed by atoms with E-state index in [1.807, 2.05) is 0 Å². The SMILES string of the molecule is O=S(=O)(c1cc[c]cc1)C1NCCN1. The van der Waals surface area contributed by atoms with Gasteiger partial charge in [-0.2, -0.15) is 0 Å². The van der Waals surface area contributed by atoms with Crippen molar-refractivity contribution in [3.63, 3.8) is 0 Å². The van der Waals surface area contributed by atoms with Crippen LogP contribution in [0.3, 0.4) is 0 Å². The Labute approximate surface area is 83.2 Å². The molecule has 4 nitrogen and oxygen atoms in total. The van der Waals surface area contributed by atoms with Crippen LogP contribution in [0.25, 0.3) is 0 Å². The van der Waals surface area contributed by atoms with Crippen molar-refractivity contribution in [1.29, 1.82) is 0 Å². The topological polar surface area (TPSA) is 58.2 Å². The molecule has 1 radical (unpaired) electrons. The van der Waals surface area contributed by atoms with E-state index < -0.39 is 15.3 Å². The van der Waals surface area contributed by atoms with E-state index in [1.165, 1.54) is 0 Å². The summed E-state index contributed by atoms with van der Waals surface area (Å²) in [5.74, 6) is 0. The Kier molecular flexibility index (Phi) is 2.54. The average Bonchev–Trinajstić information content (AvgIpc) is 2.72. The molecule has 0 aliphatic carbocycles. The average molecular weight is 211 g/mol. The number of sulfone groups is 1. The zero-order valence-electron chi connectivity index (χ0n) is 7.53. The summed E-state index contributed by atoms with van der Waals surface area (Å²) in [5, 5.41) is 5.77. The molecular formula is C9H11N2O2S. The minimum Gasteiger partial charge on any atom is -0.288 e. The molecule has 0 spiro atoms. The lowest BCUT2D eigenvalue weighted by molar-refractivity contribution is 0.561. The second-order valence-electron chi connectivity index (χ2n) is 3.07. The maximum absolute atomic E-state index is 11.9. The summed E-state index contributed by atoms with van der Waals surface area (Å²) < 4.78 is 23.8. The van der Waals surface area contributed by atoms with Crippen molar-refractivity contribution >= 4 is 9.84 Å². The predicted molar refractivity (Wildman–Crippen MR) is 52.3 cm³/mol. The third kappa shape index (κ3) is 1.66. The standard InChI is InChI=1S/C9H11N2O2S/c12-14(13,9-10-6-7-11-9)8-4-2-1-3-5-8/h2-5,9-11H,6-7H2. The smallest absolute Gasteiger partial charge is 0.207 e. The number of hydrogen-bond acceptors (Lipinski definition) is 4. The fourth-order valence-electron chi connectivity index (χ4n) is 1.40. The summed E-state index contributed by atoms with van der Waals surface area (Å²) >= 11 is 0. The van der Waals surface area contributed by atoms with E-state index in [2.05, 4.69) is 16.7 Å². The summed E-state index contributed by atoms with van der Waals surface area (Å²) in [5.41, 5.74) is -0.648. The lowest BCUT2D eigenvalue weighted by Gasteiger charge is -2.11. The number of rotatable bonds is 2. The van der Waals surface area contributed by atoms with Gasteiger partial charge in [-0.05, 0) is 18.2 Å². The van der Waals surface area contributed by atoms with Gasteiger partial charge in [0.15, 0.2) is 5.50 Å². The third-order valence-corrected chi connectivity index (χ3v) is 3.99. The summed E-state index contributed by atoms with van der Waals surface area (Å²) in [7, 11) is -3.28. The summed E-state index contributed by atoms with van der Waals surface area (Å²) in [6.45, 7) is 1.37. The van der Waals surface area contributed by atoms with Gasteiger partial charge >= 0.3 is 0 Å². The van der Waals surface area contributed by atoms with Crippen LogP contribution in [0, 0.1) is 6.07 Å². The monoisotopic (exact) mass is 211 g/mol. The molecule has 5 heteroatoms. The van der Waals surface area contributed by atoms with E-state index in [0.717, 1.165) is 0 Å². The Morgan fingerprint density at radius 1 is 1.21 bits per heavy atom. The zero-order valence-corrected chi connectivity index (χ0v) is 8.34. The molecule has 1 aromatic rings. The Balaban J connectivity index is 2.33. The number of benzene rings is 1. The van der Waals surface area contributed by atoms with Gasteiger partial charge in [-0.25, -0.2) is 8.42 Å². The first kappa shape index (κ1) is 9.64. The maximum Gasteiger partial charge on any atom is 0.207 e. The van der Waals surface area contributed by atoms with Crippen LogP contribution in [0.2, 0.25) is 0 Å². The van der Waals surface area contributed by atoms with Gasteiger partial charge in [-0.15, -0.1) is 0 Å². The molecule has 0 bridgehead atoms. The fraction of sp³-hybridized carbons (Fsp3) is 0.333. The first-order valence-electron chi connectivity index (χ1n) is 4.38. The molecule has 0 aromatic heterocycles. The molecule has 0 atom stereocenters. The van der Waals surface area contributed by atoms with Gasteiger partial charge < -0.3 is 0 Å². The molecule has 2 rings (SSSR count). The van der Waals surface area contributed by atoms with E-state index in [9.17, 15) is 8.42 Å². The normalized spacial score (nSPS) is 18.6. The van der Waals surface area contributed by atoms with Crippen LogP contribution < -0.4 is 10.6 Å². The van der Waals surface area contributed by atoms with E-state index in [-0.39, 0.29) is 0 Å². The van der Waals surface area contributed by atoms with Crippen molar-refractivity contribution in [2.45, 2.75) is 10.4 Å². The van der Waals surface area contributed by atoms with Crippen molar-refractivity contribution in [1.82, 2.24) is 10.6 Å². The molecule has 2 N–H and O–H groups in total. The minimum absolute atomic E-state index is 0.322. The van der Waals surface area contributed by atoms with E-state index in [4.69, 9.17) is 0 Å². The highest BCUT2D eigenvalue weighted by Gasteiger charge is 2.29. The van der Waals surface area contributed by atoms with Crippen molar-refractivity contribution in [2.24, 2.45) is 0 Å². The van der Waals surface area contributed by atoms with Gasteiger partial charge in [0.1, 0.15) is 0 Å². The Morgan fingerprint density at radius 3 is 2.36 bits per heavy atom. The van der Waals surface area contributed by atoms with Crippen molar-refractivity contribution in [3.05, 3.63) is 30.3 Å². The van der Waals surface area contributed by atoms with Crippen molar-refractivity contribution < 1.29 is 8.42 Å². The Hall–Kier alpha value is -0.910. The summed E-state index contributed by atoms with van der Waals surface area (Å²) in [6.07, 6.45) is 0. The van der Waals surface area contributed by atoms with Gasteiger partial charge in [0.05, 0.1) is 4.90 Å². The molecule has 0 unspecified atom stereocenters. The van der Waals surface area contributed by atoms with E-state index >= 15 is 0 Å². The highest BCUT2D eigenvalue weighted by molar-refractivity contribution is 7.92. The highest BCUT2D eigenvalue weighted by Crippen LogP contribution is 2.13. The molecule has 1 heterocycles. The first-order valence-corrected chi connectivity index (χ1v) is 5.93. The zero-order chi connectivity index (χ0) is 10.0. The quantitative estimate of drug-likeness (QED) is 0.707. The molecule has 1 aromatic carbocycles. The van der Waals surface area contributed by atoms with Gasteiger partial charge in [-0.3, -0.25) is 10.6 Å². The molecule has 14 heavy (non-hydrogen) atoms. The van der Waals surface area contributed by atoms with E-state index in [0.29, 0.717) is 18.0 Å². The molecule has 1 fully saturated rings. The minimum atomic E-state index is -3.28. The molecule has 1 saturated heterocycles. The van der Waals surface area contributed by atoms with Gasteiger partial charge in [0.25, 0.3) is 0 Å². The molecular weight excluding hydrogens is 200 g/mol. The summed E-state index contributed by atoms with van der Waals surface area (Å²) in [4.78, 5) is 0.322. The number of nitrogens with one attached hydrogen (secondary N) is 2. The largest absolute Gasteiger partial charge is 0.288 e. The first-order chi connectivity index (χ1) is 6.71. The maximum atomic E-state index is 11.9.